The minimum atomic E-state index is 0.690. The summed E-state index contributed by atoms with van der Waals surface area (Å²) in [5.74, 6) is 0.825. The van der Waals surface area contributed by atoms with Crippen LogP contribution in [-0.4, -0.2) is 9.97 Å². The molecule has 94 valence electrons. The Bertz CT molecular complexity index is 540. The molecule has 0 amide bonds. The predicted molar refractivity (Wildman–Crippen MR) is 77.4 cm³/mol. The minimum absolute atomic E-state index is 0.690. The number of nitrogens with zero attached hydrogens (tertiary/aromatic N) is 2. The van der Waals surface area contributed by atoms with Gasteiger partial charge in [-0.15, -0.1) is 0 Å². The van der Waals surface area contributed by atoms with Gasteiger partial charge in [-0.1, -0.05) is 41.4 Å². The van der Waals surface area contributed by atoms with Crippen LogP contribution < -0.4 is 5.73 Å². The van der Waals surface area contributed by atoms with Gasteiger partial charge in [-0.2, -0.15) is 0 Å². The van der Waals surface area contributed by atoms with Crippen molar-refractivity contribution >= 4 is 21.6 Å². The predicted octanol–water partition coefficient (Wildman–Crippen LogP) is 3.36. The number of anilines is 1. The summed E-state index contributed by atoms with van der Waals surface area (Å²) in [6.45, 7) is 2.12. The van der Waals surface area contributed by atoms with Crippen LogP contribution in [-0.2, 0) is 12.8 Å². The highest BCUT2D eigenvalue weighted by Gasteiger charge is 2.05. The molecule has 1 heterocycles. The van der Waals surface area contributed by atoms with Crippen molar-refractivity contribution in [3.05, 3.63) is 52.0 Å². The third kappa shape index (κ3) is 3.29. The number of nitrogen functional groups attached to an aromatic ring is 1. The molecule has 0 bridgehead atoms. The van der Waals surface area contributed by atoms with Gasteiger partial charge in [-0.25, -0.2) is 9.97 Å². The van der Waals surface area contributed by atoms with Gasteiger partial charge in [0.05, 0.1) is 17.6 Å². The van der Waals surface area contributed by atoms with E-state index in [4.69, 9.17) is 5.73 Å². The van der Waals surface area contributed by atoms with E-state index in [0.717, 1.165) is 35.3 Å². The van der Waals surface area contributed by atoms with E-state index < -0.39 is 0 Å². The van der Waals surface area contributed by atoms with Crippen LogP contribution in [0.3, 0.4) is 0 Å². The fourth-order valence-electron chi connectivity index (χ4n) is 1.82. The largest absolute Gasteiger partial charge is 0.396 e. The summed E-state index contributed by atoms with van der Waals surface area (Å²) in [7, 11) is 0. The second kappa shape index (κ2) is 5.96. The van der Waals surface area contributed by atoms with Crippen LogP contribution in [0.4, 0.5) is 5.69 Å². The zero-order chi connectivity index (χ0) is 13.0. The molecule has 2 N–H and O–H groups in total. The van der Waals surface area contributed by atoms with Crippen molar-refractivity contribution in [2.45, 2.75) is 26.2 Å². The number of hydrogen-bond acceptors (Lipinski definition) is 3. The number of halogens is 1. The lowest BCUT2D eigenvalue weighted by atomic mass is 10.1. The van der Waals surface area contributed by atoms with E-state index in [9.17, 15) is 0 Å². The Morgan fingerprint density at radius 2 is 2.17 bits per heavy atom. The highest BCUT2D eigenvalue weighted by atomic mass is 79.9. The molecule has 2 aromatic rings. The molecule has 0 saturated carbocycles. The van der Waals surface area contributed by atoms with E-state index in [2.05, 4.69) is 45.0 Å². The molecule has 0 unspecified atom stereocenters. The summed E-state index contributed by atoms with van der Waals surface area (Å²) < 4.78 is 1.07. The first-order valence-electron chi connectivity index (χ1n) is 6.03. The van der Waals surface area contributed by atoms with Crippen LogP contribution in [0, 0.1) is 0 Å². The maximum atomic E-state index is 5.86. The molecular weight excluding hydrogens is 290 g/mol. The molecule has 0 radical (unpaired) electrons. The van der Waals surface area contributed by atoms with Crippen LogP contribution in [0.1, 0.15) is 30.4 Å². The first-order chi connectivity index (χ1) is 8.69. The normalized spacial score (nSPS) is 10.6. The van der Waals surface area contributed by atoms with Gasteiger partial charge in [0.2, 0.25) is 0 Å². The summed E-state index contributed by atoms with van der Waals surface area (Å²) in [4.78, 5) is 8.83. The van der Waals surface area contributed by atoms with Gasteiger partial charge < -0.3 is 5.73 Å². The molecule has 0 fully saturated rings. The monoisotopic (exact) mass is 305 g/mol. The van der Waals surface area contributed by atoms with Crippen molar-refractivity contribution in [3.63, 3.8) is 0 Å². The molecule has 1 aromatic heterocycles. The van der Waals surface area contributed by atoms with Crippen LogP contribution in [0.15, 0.2) is 34.9 Å². The second-order valence-electron chi connectivity index (χ2n) is 4.24. The second-order valence-corrected chi connectivity index (χ2v) is 5.16. The Labute approximate surface area is 116 Å². The van der Waals surface area contributed by atoms with Gasteiger partial charge in [0, 0.05) is 10.9 Å². The Morgan fingerprint density at radius 3 is 2.89 bits per heavy atom. The Morgan fingerprint density at radius 1 is 1.33 bits per heavy atom. The Balaban J connectivity index is 2.21. The van der Waals surface area contributed by atoms with E-state index in [0.29, 0.717) is 5.69 Å². The highest BCUT2D eigenvalue weighted by Crippen LogP contribution is 2.15. The van der Waals surface area contributed by atoms with E-state index >= 15 is 0 Å². The van der Waals surface area contributed by atoms with Crippen molar-refractivity contribution in [1.29, 1.82) is 0 Å². The average molecular weight is 306 g/mol. The lowest BCUT2D eigenvalue weighted by Gasteiger charge is -2.06. The summed E-state index contributed by atoms with van der Waals surface area (Å²) in [6.07, 6.45) is 4.39. The molecule has 0 saturated heterocycles. The molecule has 0 aliphatic rings. The number of rotatable bonds is 4. The summed E-state index contributed by atoms with van der Waals surface area (Å²) in [5, 5.41) is 0. The number of aryl methyl sites for hydroxylation is 1. The number of benzene rings is 1. The Hall–Kier alpha value is -1.42. The van der Waals surface area contributed by atoms with Gasteiger partial charge in [-0.3, -0.25) is 0 Å². The number of hydrogen-bond donors (Lipinski definition) is 1. The molecule has 4 heteroatoms. The van der Waals surface area contributed by atoms with Crippen molar-refractivity contribution < 1.29 is 0 Å². The first-order valence-corrected chi connectivity index (χ1v) is 6.83. The molecule has 0 aliphatic carbocycles. The highest BCUT2D eigenvalue weighted by molar-refractivity contribution is 9.10. The SMILES string of the molecule is CCCc1nc(Cc2cccc(Br)c2)ncc1N. The van der Waals surface area contributed by atoms with Gasteiger partial charge >= 0.3 is 0 Å². The number of nitrogens with two attached hydrogens (primary N) is 1. The average Bonchev–Trinajstić information content (AvgIpc) is 2.34. The van der Waals surface area contributed by atoms with E-state index in [1.165, 1.54) is 5.56 Å². The van der Waals surface area contributed by atoms with Crippen molar-refractivity contribution in [2.24, 2.45) is 0 Å². The van der Waals surface area contributed by atoms with Crippen LogP contribution in [0.5, 0.6) is 0 Å². The number of aromatic nitrogens is 2. The molecule has 0 atom stereocenters. The minimum Gasteiger partial charge on any atom is -0.396 e. The first kappa shape index (κ1) is 13.0. The molecule has 2 rings (SSSR count). The van der Waals surface area contributed by atoms with Gasteiger partial charge in [0.25, 0.3) is 0 Å². The summed E-state index contributed by atoms with van der Waals surface area (Å²) >= 11 is 3.47. The zero-order valence-corrected chi connectivity index (χ0v) is 11.9. The molecule has 0 spiro atoms. The van der Waals surface area contributed by atoms with Gasteiger partial charge in [-0.05, 0) is 24.1 Å². The van der Waals surface area contributed by atoms with Crippen molar-refractivity contribution in [1.82, 2.24) is 9.97 Å². The smallest absolute Gasteiger partial charge is 0.133 e. The summed E-state index contributed by atoms with van der Waals surface area (Å²) in [5.41, 5.74) is 8.70. The van der Waals surface area contributed by atoms with E-state index in [1.54, 1.807) is 6.20 Å². The fraction of sp³-hybridized carbons (Fsp3) is 0.286. The molecule has 18 heavy (non-hydrogen) atoms. The fourth-order valence-corrected chi connectivity index (χ4v) is 2.27. The van der Waals surface area contributed by atoms with Gasteiger partial charge in [0.15, 0.2) is 0 Å². The van der Waals surface area contributed by atoms with E-state index in [-0.39, 0.29) is 0 Å². The topological polar surface area (TPSA) is 51.8 Å². The lowest BCUT2D eigenvalue weighted by Crippen LogP contribution is -2.04. The standard InChI is InChI=1S/C14H16BrN3/c1-2-4-13-12(16)9-17-14(18-13)8-10-5-3-6-11(15)7-10/h3,5-7,9H,2,4,8,16H2,1H3. The maximum Gasteiger partial charge on any atom is 0.133 e. The summed E-state index contributed by atoms with van der Waals surface area (Å²) in [6, 6.07) is 8.18. The molecule has 0 aliphatic heterocycles. The Kier molecular flexibility index (Phi) is 4.31. The molecular formula is C14H16BrN3. The quantitative estimate of drug-likeness (QED) is 0.942. The van der Waals surface area contributed by atoms with Crippen molar-refractivity contribution in [2.75, 3.05) is 5.73 Å². The van der Waals surface area contributed by atoms with Crippen LogP contribution in [0.25, 0.3) is 0 Å². The van der Waals surface area contributed by atoms with Gasteiger partial charge in [0.1, 0.15) is 5.82 Å². The van der Waals surface area contributed by atoms with Crippen LogP contribution in [0.2, 0.25) is 0 Å². The molecule has 3 nitrogen and oxygen atoms in total. The maximum absolute atomic E-state index is 5.86. The third-order valence-electron chi connectivity index (χ3n) is 2.69. The van der Waals surface area contributed by atoms with Crippen LogP contribution >= 0.6 is 15.9 Å². The van der Waals surface area contributed by atoms with E-state index in [1.807, 2.05) is 12.1 Å². The third-order valence-corrected chi connectivity index (χ3v) is 3.18. The lowest BCUT2D eigenvalue weighted by molar-refractivity contribution is 0.845. The molecule has 1 aromatic carbocycles. The zero-order valence-electron chi connectivity index (χ0n) is 10.4. The van der Waals surface area contributed by atoms with Crippen molar-refractivity contribution in [3.8, 4) is 0 Å².